The standard InChI is InChI=1S/C13H10BNO3.C13H8BrNO.C7H4FN.C6H5BrO/c1-15-11-4-8-13(9-5-11)18-12-6-2-10(3-7-12)14(16)17;1-15-11-4-8-13(9-5-11)16-12-6-2-10(14)3-7-12;1-9-7-4-2-6(8)3-5-7;7-5-1-3-6(8)4-2-5/h2-9,16-17H;2-9H;2-5H;1-4,8H. The van der Waals surface area contributed by atoms with Gasteiger partial charge in [-0.15, -0.1) is 0 Å². The number of nitrogens with zero attached hydrogens (tertiary/aromatic N) is 3. The average Bonchev–Trinajstić information content (AvgIpc) is 3.16. The molecule has 0 saturated carbocycles. The molecule has 8 nitrogen and oxygen atoms in total. The van der Waals surface area contributed by atoms with E-state index in [1.165, 1.54) is 24.3 Å². The highest BCUT2D eigenvalue weighted by molar-refractivity contribution is 9.10. The van der Waals surface area contributed by atoms with Crippen molar-refractivity contribution in [2.24, 2.45) is 0 Å². The fourth-order valence-electron chi connectivity index (χ4n) is 3.62. The first-order valence-electron chi connectivity index (χ1n) is 14.7. The molecule has 3 N–H and O–H groups in total. The van der Waals surface area contributed by atoms with Crippen molar-refractivity contribution in [3.05, 3.63) is 195 Å². The number of phenolic OH excluding ortho intramolecular Hbond substituents is 1. The van der Waals surface area contributed by atoms with Crippen LogP contribution < -0.4 is 14.9 Å². The van der Waals surface area contributed by atoms with Crippen molar-refractivity contribution in [1.82, 2.24) is 0 Å². The van der Waals surface area contributed by atoms with E-state index < -0.39 is 7.12 Å². The molecule has 6 rings (SSSR count). The molecule has 6 aromatic carbocycles. The molecule has 0 radical (unpaired) electrons. The summed E-state index contributed by atoms with van der Waals surface area (Å²) in [7, 11) is -1.48. The predicted octanol–water partition coefficient (Wildman–Crippen LogP) is 11.0. The van der Waals surface area contributed by atoms with Gasteiger partial charge in [-0.3, -0.25) is 0 Å². The Labute approximate surface area is 312 Å². The van der Waals surface area contributed by atoms with E-state index >= 15 is 0 Å². The van der Waals surface area contributed by atoms with Gasteiger partial charge in [0.1, 0.15) is 34.6 Å². The molecule has 0 atom stereocenters. The van der Waals surface area contributed by atoms with Gasteiger partial charge in [0.05, 0.1) is 19.7 Å². The first-order chi connectivity index (χ1) is 24.6. The van der Waals surface area contributed by atoms with Gasteiger partial charge in [0.25, 0.3) is 0 Å². The van der Waals surface area contributed by atoms with E-state index in [0.717, 1.165) is 20.4 Å². The molecule has 0 amide bonds. The Kier molecular flexibility index (Phi) is 16.4. The molecule has 51 heavy (non-hydrogen) atoms. The van der Waals surface area contributed by atoms with Gasteiger partial charge in [-0.05, 0) is 103 Å². The number of benzene rings is 6. The maximum absolute atomic E-state index is 12.1. The minimum Gasteiger partial charge on any atom is -0.508 e. The number of aromatic hydroxyl groups is 1. The number of phenols is 1. The van der Waals surface area contributed by atoms with Gasteiger partial charge in [0.2, 0.25) is 0 Å². The Morgan fingerprint density at radius 1 is 0.471 bits per heavy atom. The zero-order chi connectivity index (χ0) is 37.0. The van der Waals surface area contributed by atoms with Crippen LogP contribution >= 0.6 is 31.9 Å². The van der Waals surface area contributed by atoms with Crippen LogP contribution in [-0.4, -0.2) is 22.3 Å². The van der Waals surface area contributed by atoms with Crippen molar-refractivity contribution >= 4 is 61.5 Å². The molecule has 6 aromatic rings. The fourth-order valence-corrected chi connectivity index (χ4v) is 4.15. The molecule has 252 valence electrons. The van der Waals surface area contributed by atoms with E-state index in [-0.39, 0.29) is 5.82 Å². The SMILES string of the molecule is Oc1ccc(Br)cc1.[C-]#[N+]c1ccc(F)cc1.[C-]#[N+]c1ccc(Oc2ccc(B(O)O)cc2)cc1.[C-]#[N+]c1ccc(Oc2ccc(Br)cc2)cc1. The maximum atomic E-state index is 12.1. The van der Waals surface area contributed by atoms with Crippen LogP contribution in [0.3, 0.4) is 0 Å². The minimum absolute atomic E-state index is 0.299. The lowest BCUT2D eigenvalue weighted by Crippen LogP contribution is -2.29. The van der Waals surface area contributed by atoms with Gasteiger partial charge in [0, 0.05) is 8.95 Å². The molecule has 0 aliphatic rings. The second-order valence-corrected chi connectivity index (χ2v) is 11.7. The zero-order valence-electron chi connectivity index (χ0n) is 26.6. The van der Waals surface area contributed by atoms with Crippen molar-refractivity contribution in [3.63, 3.8) is 0 Å². The lowest BCUT2D eigenvalue weighted by atomic mass is 9.80. The molecule has 0 spiro atoms. The van der Waals surface area contributed by atoms with E-state index in [4.69, 9.17) is 44.3 Å². The summed E-state index contributed by atoms with van der Waals surface area (Å²) < 4.78 is 25.3. The number of hydrogen-bond acceptors (Lipinski definition) is 5. The van der Waals surface area contributed by atoms with E-state index in [9.17, 15) is 4.39 Å². The van der Waals surface area contributed by atoms with Gasteiger partial charge in [0.15, 0.2) is 17.1 Å². The highest BCUT2D eigenvalue weighted by atomic mass is 79.9. The van der Waals surface area contributed by atoms with Crippen LogP contribution in [0.5, 0.6) is 28.7 Å². The normalized spacial score (nSPS) is 9.29. The van der Waals surface area contributed by atoms with Crippen LogP contribution in [0.2, 0.25) is 0 Å². The lowest BCUT2D eigenvalue weighted by molar-refractivity contribution is 0.425. The number of rotatable bonds is 5. The maximum Gasteiger partial charge on any atom is 0.488 e. The Bertz CT molecular complexity index is 2040. The summed E-state index contributed by atoms with van der Waals surface area (Å²) in [5.74, 6) is 2.72. The molecule has 0 saturated heterocycles. The number of hydrogen-bond donors (Lipinski definition) is 3. The summed E-state index contributed by atoms with van der Waals surface area (Å²) in [6.45, 7) is 20.2. The molecule has 0 heterocycles. The van der Waals surface area contributed by atoms with Crippen LogP contribution in [-0.2, 0) is 0 Å². The third-order valence-electron chi connectivity index (χ3n) is 6.18. The highest BCUT2D eigenvalue weighted by Gasteiger charge is 2.10. The summed E-state index contributed by atoms with van der Waals surface area (Å²) in [5, 5.41) is 26.6. The third-order valence-corrected chi connectivity index (χ3v) is 7.23. The van der Waals surface area contributed by atoms with Gasteiger partial charge in [-0.2, -0.15) is 0 Å². The number of halogens is 3. The van der Waals surface area contributed by atoms with E-state index in [1.807, 2.05) is 24.3 Å². The summed E-state index contributed by atoms with van der Waals surface area (Å²) >= 11 is 6.60. The zero-order valence-corrected chi connectivity index (χ0v) is 29.7. The van der Waals surface area contributed by atoms with Crippen molar-refractivity contribution in [2.75, 3.05) is 0 Å². The van der Waals surface area contributed by atoms with Crippen molar-refractivity contribution < 1.29 is 29.0 Å². The van der Waals surface area contributed by atoms with Crippen LogP contribution in [0.25, 0.3) is 14.5 Å². The van der Waals surface area contributed by atoms with Crippen molar-refractivity contribution in [1.29, 1.82) is 0 Å². The van der Waals surface area contributed by atoms with Crippen molar-refractivity contribution in [2.45, 2.75) is 0 Å². The highest BCUT2D eigenvalue weighted by Crippen LogP contribution is 2.26. The predicted molar refractivity (Wildman–Crippen MR) is 204 cm³/mol. The lowest BCUT2D eigenvalue weighted by Gasteiger charge is -2.06. The van der Waals surface area contributed by atoms with Crippen LogP contribution in [0.4, 0.5) is 21.5 Å². The molecule has 0 fully saturated rings. The summed E-state index contributed by atoms with van der Waals surface area (Å²) in [4.78, 5) is 9.70. The first-order valence-corrected chi connectivity index (χ1v) is 16.3. The molecule has 12 heteroatoms. The molecule has 0 unspecified atom stereocenters. The summed E-state index contributed by atoms with van der Waals surface area (Å²) in [6, 6.07) is 40.1. The largest absolute Gasteiger partial charge is 0.508 e. The minimum atomic E-state index is -1.48. The summed E-state index contributed by atoms with van der Waals surface area (Å²) in [5.41, 5.74) is 2.05. The molecule has 0 aliphatic carbocycles. The van der Waals surface area contributed by atoms with Crippen LogP contribution in [0, 0.1) is 25.5 Å². The van der Waals surface area contributed by atoms with Gasteiger partial charge in [-0.1, -0.05) is 80.4 Å². The Balaban J connectivity index is 0.000000194. The van der Waals surface area contributed by atoms with Crippen LogP contribution in [0.1, 0.15) is 0 Å². The topological polar surface area (TPSA) is 92.2 Å². The first kappa shape index (κ1) is 39.5. The number of ether oxygens (including phenoxy) is 2. The fraction of sp³-hybridized carbons (Fsp3) is 0. The molecule has 0 aromatic heterocycles. The Hall–Kier alpha value is -5.94. The summed E-state index contributed by atoms with van der Waals surface area (Å²) in [6.07, 6.45) is 0. The molecular formula is C39H27BBr2FN3O5. The quantitative estimate of drug-likeness (QED) is 0.119. The monoisotopic (exact) mass is 805 g/mol. The van der Waals surface area contributed by atoms with E-state index in [1.54, 1.807) is 97.1 Å². The molecule has 0 bridgehead atoms. The Morgan fingerprint density at radius 3 is 1.08 bits per heavy atom. The van der Waals surface area contributed by atoms with E-state index in [2.05, 4.69) is 46.4 Å². The molecule has 0 aliphatic heterocycles. The van der Waals surface area contributed by atoms with Crippen molar-refractivity contribution in [3.8, 4) is 28.7 Å². The van der Waals surface area contributed by atoms with Gasteiger partial charge < -0.3 is 24.6 Å². The van der Waals surface area contributed by atoms with Gasteiger partial charge in [-0.25, -0.2) is 18.9 Å². The average molecular weight is 807 g/mol. The van der Waals surface area contributed by atoms with Crippen LogP contribution in [0.15, 0.2) is 155 Å². The third kappa shape index (κ3) is 15.0. The van der Waals surface area contributed by atoms with E-state index in [0.29, 0.717) is 39.8 Å². The molecular weight excluding hydrogens is 780 g/mol. The second kappa shape index (κ2) is 21.2. The second-order valence-electron chi connectivity index (χ2n) is 9.88. The van der Waals surface area contributed by atoms with Gasteiger partial charge >= 0.3 is 7.12 Å². The smallest absolute Gasteiger partial charge is 0.488 e. The Morgan fingerprint density at radius 2 is 0.765 bits per heavy atom.